The molecule has 4 aliphatic heterocycles. The molecule has 0 aromatic rings. The molecule has 4 aliphatic carbocycles. The number of hydrogen-bond acceptors (Lipinski definition) is 12. The highest BCUT2D eigenvalue weighted by Gasteiger charge is 2.68. The van der Waals surface area contributed by atoms with Crippen molar-refractivity contribution in [3.8, 4) is 0 Å². The summed E-state index contributed by atoms with van der Waals surface area (Å²) in [6, 6.07) is 0. The number of rotatable bonds is 5. The van der Waals surface area contributed by atoms with Gasteiger partial charge in [0, 0.05) is 12.3 Å². The van der Waals surface area contributed by atoms with Crippen molar-refractivity contribution in [3.05, 3.63) is 11.6 Å². The van der Waals surface area contributed by atoms with Crippen LogP contribution in [0.15, 0.2) is 11.6 Å². The second kappa shape index (κ2) is 13.5. The summed E-state index contributed by atoms with van der Waals surface area (Å²) in [5, 5.41) is 63.2. The third-order valence-electron chi connectivity index (χ3n) is 15.6. The Labute approximate surface area is 301 Å². The Bertz CT molecular complexity index is 1300. The molecule has 1 spiro atoms. The molecule has 12 heteroatoms. The first-order valence-corrected chi connectivity index (χ1v) is 19.8. The van der Waals surface area contributed by atoms with Gasteiger partial charge >= 0.3 is 0 Å². The SMILES string of the molecule is C[C@H]1CC[C@]2(OC1)O[C@@H]1C[C@@H]3[C@H]4CC=C5C[C@H](O[C@H]6O[C@@H](CO)[C@H](O)[C@@H](O[C@H]7O[C@H](C)[C@@H](O)[C@H](O)[C@@H]7O)[C@@H]6O)CC[C@@]5(C)[C@@H]4CC[C@@]3(C)[C@@H]1[C@H]2C. The summed E-state index contributed by atoms with van der Waals surface area (Å²) in [5.41, 5.74) is 1.72. The smallest absolute Gasteiger partial charge is 0.187 e. The lowest BCUT2D eigenvalue weighted by Crippen LogP contribution is -2.64. The molecule has 4 heterocycles. The van der Waals surface area contributed by atoms with E-state index in [1.54, 1.807) is 0 Å². The Morgan fingerprint density at radius 1 is 0.824 bits per heavy atom. The molecule has 8 aliphatic rings. The fourth-order valence-electron chi connectivity index (χ4n) is 12.6. The third kappa shape index (κ3) is 5.84. The van der Waals surface area contributed by atoms with Crippen LogP contribution in [0.25, 0.3) is 0 Å². The Hall–Kier alpha value is -0.740. The first-order chi connectivity index (χ1) is 24.2. The molecule has 0 aromatic carbocycles. The first-order valence-electron chi connectivity index (χ1n) is 19.8. The minimum Gasteiger partial charge on any atom is -0.394 e. The lowest BCUT2D eigenvalue weighted by molar-refractivity contribution is -0.361. The lowest BCUT2D eigenvalue weighted by atomic mass is 9.47. The van der Waals surface area contributed by atoms with Gasteiger partial charge in [0.05, 0.1) is 31.5 Å². The van der Waals surface area contributed by atoms with Crippen molar-refractivity contribution >= 4 is 0 Å². The van der Waals surface area contributed by atoms with Gasteiger partial charge in [-0.15, -0.1) is 0 Å². The van der Waals surface area contributed by atoms with Crippen molar-refractivity contribution in [2.45, 2.75) is 172 Å². The van der Waals surface area contributed by atoms with Crippen LogP contribution in [0.5, 0.6) is 0 Å². The summed E-state index contributed by atoms with van der Waals surface area (Å²) in [7, 11) is 0. The molecule has 21 atom stereocenters. The van der Waals surface area contributed by atoms with Crippen LogP contribution in [0.1, 0.15) is 92.4 Å². The molecule has 4 saturated heterocycles. The molecule has 12 nitrogen and oxygen atoms in total. The molecule has 0 bridgehead atoms. The van der Waals surface area contributed by atoms with E-state index in [2.05, 4.69) is 33.8 Å². The summed E-state index contributed by atoms with van der Waals surface area (Å²) >= 11 is 0. The van der Waals surface area contributed by atoms with Crippen molar-refractivity contribution < 1.29 is 59.1 Å². The van der Waals surface area contributed by atoms with Gasteiger partial charge in [-0.05, 0) is 98.7 Å². The number of hydrogen-bond donors (Lipinski definition) is 6. The fraction of sp³-hybridized carbons (Fsp3) is 0.949. The lowest BCUT2D eigenvalue weighted by Gasteiger charge is -2.58. The largest absolute Gasteiger partial charge is 0.394 e. The Morgan fingerprint density at radius 3 is 2.31 bits per heavy atom. The van der Waals surface area contributed by atoms with Gasteiger partial charge in [-0.2, -0.15) is 0 Å². The molecular formula is C39H62O12. The van der Waals surface area contributed by atoms with Crippen LogP contribution in [-0.2, 0) is 28.4 Å². The number of aliphatic hydroxyl groups is 6. The quantitative estimate of drug-likeness (QED) is 0.229. The Balaban J connectivity index is 0.939. The minimum atomic E-state index is -1.62. The van der Waals surface area contributed by atoms with Crippen LogP contribution in [0.2, 0.25) is 0 Å². The highest BCUT2D eigenvalue weighted by molar-refractivity contribution is 5.26. The fourth-order valence-corrected chi connectivity index (χ4v) is 12.6. The third-order valence-corrected chi connectivity index (χ3v) is 15.6. The molecule has 6 N–H and O–H groups in total. The van der Waals surface area contributed by atoms with Crippen molar-refractivity contribution in [2.24, 2.45) is 46.3 Å². The van der Waals surface area contributed by atoms with Crippen LogP contribution >= 0.6 is 0 Å². The zero-order chi connectivity index (χ0) is 36.2. The summed E-state index contributed by atoms with van der Waals surface area (Å²) < 4.78 is 37.2. The summed E-state index contributed by atoms with van der Waals surface area (Å²) in [6.07, 6.45) is -1.66. The summed E-state index contributed by atoms with van der Waals surface area (Å²) in [5.74, 6) is 2.96. The average molecular weight is 723 g/mol. The summed E-state index contributed by atoms with van der Waals surface area (Å²) in [4.78, 5) is 0. The highest BCUT2D eigenvalue weighted by Crippen LogP contribution is 2.70. The molecule has 0 radical (unpaired) electrons. The van der Waals surface area contributed by atoms with Gasteiger partial charge in [-0.3, -0.25) is 0 Å². The van der Waals surface area contributed by atoms with Crippen molar-refractivity contribution in [1.29, 1.82) is 0 Å². The van der Waals surface area contributed by atoms with E-state index < -0.39 is 73.8 Å². The molecule has 0 aromatic heterocycles. The molecule has 8 rings (SSSR count). The van der Waals surface area contributed by atoms with Gasteiger partial charge in [0.2, 0.25) is 0 Å². The van der Waals surface area contributed by atoms with E-state index in [0.29, 0.717) is 41.9 Å². The van der Waals surface area contributed by atoms with E-state index in [-0.39, 0.29) is 23.0 Å². The molecular weight excluding hydrogens is 660 g/mol. The highest BCUT2D eigenvalue weighted by atomic mass is 16.7. The molecule has 0 unspecified atom stereocenters. The first kappa shape index (κ1) is 37.2. The molecule has 290 valence electrons. The zero-order valence-corrected chi connectivity index (χ0v) is 30.9. The van der Waals surface area contributed by atoms with Gasteiger partial charge in [0.1, 0.15) is 42.7 Å². The zero-order valence-electron chi connectivity index (χ0n) is 30.9. The van der Waals surface area contributed by atoms with E-state index in [1.807, 2.05) is 0 Å². The number of aliphatic hydroxyl groups excluding tert-OH is 6. The monoisotopic (exact) mass is 722 g/mol. The van der Waals surface area contributed by atoms with E-state index in [1.165, 1.54) is 31.8 Å². The van der Waals surface area contributed by atoms with Crippen LogP contribution < -0.4 is 0 Å². The average Bonchev–Trinajstić information content (AvgIpc) is 3.56. The maximum Gasteiger partial charge on any atom is 0.187 e. The molecule has 7 fully saturated rings. The van der Waals surface area contributed by atoms with Gasteiger partial charge in [-0.1, -0.05) is 39.3 Å². The topological polar surface area (TPSA) is 177 Å². The van der Waals surface area contributed by atoms with Crippen molar-refractivity contribution in [2.75, 3.05) is 13.2 Å². The maximum atomic E-state index is 11.4. The van der Waals surface area contributed by atoms with Crippen LogP contribution in [0.4, 0.5) is 0 Å². The Kier molecular flexibility index (Phi) is 9.83. The van der Waals surface area contributed by atoms with Crippen molar-refractivity contribution in [1.82, 2.24) is 0 Å². The molecule has 3 saturated carbocycles. The number of allylic oxidation sites excluding steroid dienone is 1. The summed E-state index contributed by atoms with van der Waals surface area (Å²) in [6.45, 7) is 11.5. The Morgan fingerprint density at radius 2 is 1.59 bits per heavy atom. The van der Waals surface area contributed by atoms with Gasteiger partial charge in [0.15, 0.2) is 18.4 Å². The number of fused-ring (bicyclic) bond motifs is 7. The van der Waals surface area contributed by atoms with Gasteiger partial charge < -0.3 is 59.1 Å². The number of ether oxygens (including phenoxy) is 6. The standard InChI is InChI=1S/C39H62O12/c1-18-8-13-39(46-17-18)19(2)28-26(51-39)15-25-23-7-6-21-14-22(9-11-37(21,4)24(23)10-12-38(25,28)5)48-36-33(45)34(30(42)27(16-40)49-36)50-35-32(44)31(43)29(41)20(3)47-35/h6,18-20,22-36,40-45H,7-17H2,1-5H3/t18-,19+,20+,22+,23-,24+,25+,26+,27-,28+,29+,30-,31-,32-,33-,34+,35+,36-,37+,38+,39-/m0/s1. The normalized spacial score (nSPS) is 58.4. The van der Waals surface area contributed by atoms with Crippen LogP contribution in [0.3, 0.4) is 0 Å². The predicted octanol–water partition coefficient (Wildman–Crippen LogP) is 2.39. The minimum absolute atomic E-state index is 0.0657. The predicted molar refractivity (Wildman–Crippen MR) is 182 cm³/mol. The van der Waals surface area contributed by atoms with E-state index >= 15 is 0 Å². The maximum absolute atomic E-state index is 11.4. The second-order valence-corrected chi connectivity index (χ2v) is 18.3. The van der Waals surface area contributed by atoms with Gasteiger partial charge in [-0.25, -0.2) is 0 Å². The van der Waals surface area contributed by atoms with Crippen LogP contribution in [-0.4, -0.2) is 123 Å². The second-order valence-electron chi connectivity index (χ2n) is 18.3. The van der Waals surface area contributed by atoms with Gasteiger partial charge in [0.25, 0.3) is 0 Å². The van der Waals surface area contributed by atoms with E-state index in [9.17, 15) is 30.6 Å². The van der Waals surface area contributed by atoms with E-state index in [0.717, 1.165) is 38.7 Å². The molecule has 51 heavy (non-hydrogen) atoms. The molecule has 0 amide bonds. The van der Waals surface area contributed by atoms with Crippen LogP contribution in [0, 0.1) is 46.3 Å². The van der Waals surface area contributed by atoms with E-state index in [4.69, 9.17) is 28.4 Å². The van der Waals surface area contributed by atoms with Crippen molar-refractivity contribution in [3.63, 3.8) is 0 Å².